The molecule has 1 aliphatic rings. The summed E-state index contributed by atoms with van der Waals surface area (Å²) < 4.78 is 49.9. The summed E-state index contributed by atoms with van der Waals surface area (Å²) in [7, 11) is -1.77. The van der Waals surface area contributed by atoms with Crippen LogP contribution in [0.5, 0.6) is 0 Å². The van der Waals surface area contributed by atoms with Gasteiger partial charge in [-0.15, -0.1) is 0 Å². The molecule has 3 unspecified atom stereocenters. The summed E-state index contributed by atoms with van der Waals surface area (Å²) in [4.78, 5) is 28.7. The van der Waals surface area contributed by atoms with Crippen molar-refractivity contribution in [3.05, 3.63) is 27.9 Å². The molecule has 0 aromatic carbocycles. The molecule has 1 aromatic rings. The number of aromatic amines is 1. The molecule has 2 N–H and O–H groups in total. The number of alkyl halides is 3. The van der Waals surface area contributed by atoms with E-state index in [0.717, 1.165) is 25.7 Å². The Morgan fingerprint density at radius 2 is 2.08 bits per heavy atom. The quantitative estimate of drug-likeness (QED) is 0.815. The van der Waals surface area contributed by atoms with E-state index in [2.05, 4.69) is 15.3 Å². The molecule has 0 saturated heterocycles. The van der Waals surface area contributed by atoms with Gasteiger partial charge in [-0.25, -0.2) is 4.98 Å². The van der Waals surface area contributed by atoms with Gasteiger partial charge in [0, 0.05) is 22.9 Å². The summed E-state index contributed by atoms with van der Waals surface area (Å²) >= 11 is 0. The molecule has 3 atom stereocenters. The van der Waals surface area contributed by atoms with Gasteiger partial charge in [-0.1, -0.05) is 19.8 Å². The molecule has 6 nitrogen and oxygen atoms in total. The number of H-pyrrole nitrogens is 1. The van der Waals surface area contributed by atoms with Crippen molar-refractivity contribution in [2.24, 2.45) is 5.92 Å². The molecule has 10 heteroatoms. The van der Waals surface area contributed by atoms with E-state index in [-0.39, 0.29) is 17.6 Å². The van der Waals surface area contributed by atoms with E-state index in [0.29, 0.717) is 12.0 Å². The maximum atomic E-state index is 12.6. The molecule has 1 aromatic heterocycles. The number of amides is 1. The van der Waals surface area contributed by atoms with E-state index in [1.807, 2.05) is 6.92 Å². The molecule has 2 rings (SSSR count). The Morgan fingerprint density at radius 1 is 1.40 bits per heavy atom. The molecule has 1 aliphatic carbocycles. The minimum Gasteiger partial charge on any atom is -0.352 e. The molecule has 140 valence electrons. The summed E-state index contributed by atoms with van der Waals surface area (Å²) in [5.74, 6) is -1.19. The third-order valence-electron chi connectivity index (χ3n) is 4.13. The normalized spacial score (nSPS) is 22.4. The lowest BCUT2D eigenvalue weighted by Crippen LogP contribution is -2.43. The number of carbonyl (C=O) groups is 1. The van der Waals surface area contributed by atoms with E-state index in [4.69, 9.17) is 0 Å². The van der Waals surface area contributed by atoms with Gasteiger partial charge in [0.2, 0.25) is 5.91 Å². The number of hydrogen-bond donors (Lipinski definition) is 2. The van der Waals surface area contributed by atoms with Gasteiger partial charge in [0.05, 0.1) is 5.75 Å². The molecular weight excluding hydrogens is 359 g/mol. The van der Waals surface area contributed by atoms with Crippen LogP contribution in [0.3, 0.4) is 0 Å². The second-order valence-electron chi connectivity index (χ2n) is 6.24. The Morgan fingerprint density at radius 3 is 2.72 bits per heavy atom. The van der Waals surface area contributed by atoms with Crippen LogP contribution in [-0.2, 0) is 27.5 Å². The lowest BCUT2D eigenvalue weighted by Gasteiger charge is -2.29. The summed E-state index contributed by atoms with van der Waals surface area (Å²) in [6.07, 6.45) is -0.744. The van der Waals surface area contributed by atoms with E-state index in [1.165, 1.54) is 0 Å². The number of hydrogen-bond acceptors (Lipinski definition) is 4. The highest BCUT2D eigenvalue weighted by Crippen LogP contribution is 2.26. The van der Waals surface area contributed by atoms with Crippen LogP contribution in [-0.4, -0.2) is 31.9 Å². The smallest absolute Gasteiger partial charge is 0.352 e. The molecule has 0 radical (unpaired) electrons. The zero-order valence-electron chi connectivity index (χ0n) is 13.7. The van der Waals surface area contributed by atoms with Gasteiger partial charge in [-0.3, -0.25) is 13.8 Å². The van der Waals surface area contributed by atoms with E-state index < -0.39 is 39.9 Å². The predicted octanol–water partition coefficient (Wildman–Crippen LogP) is 1.73. The average molecular weight is 379 g/mol. The van der Waals surface area contributed by atoms with Crippen molar-refractivity contribution in [2.75, 3.05) is 5.75 Å². The van der Waals surface area contributed by atoms with Gasteiger partial charge < -0.3 is 10.3 Å². The summed E-state index contributed by atoms with van der Waals surface area (Å²) in [6, 6.07) is 0.369. The van der Waals surface area contributed by atoms with Crippen molar-refractivity contribution in [1.82, 2.24) is 15.3 Å². The number of halogens is 3. The second-order valence-corrected chi connectivity index (χ2v) is 7.70. The fourth-order valence-electron chi connectivity index (χ4n) is 2.85. The fraction of sp³-hybridized carbons (Fsp3) is 0.667. The average Bonchev–Trinajstić information content (AvgIpc) is 2.47. The monoisotopic (exact) mass is 379 g/mol. The largest absolute Gasteiger partial charge is 0.433 e. The molecule has 0 bridgehead atoms. The lowest BCUT2D eigenvalue weighted by atomic mass is 9.86. The minimum absolute atomic E-state index is 0.0322. The Bertz CT molecular complexity index is 705. The summed E-state index contributed by atoms with van der Waals surface area (Å²) in [6.45, 7) is 2.04. The molecule has 0 spiro atoms. The molecule has 1 heterocycles. The first-order chi connectivity index (χ1) is 11.6. The van der Waals surface area contributed by atoms with Crippen molar-refractivity contribution >= 4 is 16.7 Å². The van der Waals surface area contributed by atoms with Gasteiger partial charge in [0.25, 0.3) is 5.56 Å². The Labute approximate surface area is 145 Å². The molecule has 1 amide bonds. The van der Waals surface area contributed by atoms with Crippen molar-refractivity contribution in [3.8, 4) is 0 Å². The lowest BCUT2D eigenvalue weighted by molar-refractivity contribution is -0.141. The van der Waals surface area contributed by atoms with Crippen molar-refractivity contribution in [3.63, 3.8) is 0 Å². The highest BCUT2D eigenvalue weighted by atomic mass is 32.2. The van der Waals surface area contributed by atoms with E-state index >= 15 is 0 Å². The van der Waals surface area contributed by atoms with Crippen LogP contribution in [0.1, 0.15) is 44.1 Å². The zero-order valence-corrected chi connectivity index (χ0v) is 14.5. The number of rotatable bonds is 5. The maximum absolute atomic E-state index is 12.6. The van der Waals surface area contributed by atoms with Crippen molar-refractivity contribution in [1.29, 1.82) is 0 Å². The highest BCUT2D eigenvalue weighted by molar-refractivity contribution is 7.84. The van der Waals surface area contributed by atoms with E-state index in [9.17, 15) is 27.0 Å². The first-order valence-electron chi connectivity index (χ1n) is 7.97. The van der Waals surface area contributed by atoms with Crippen LogP contribution in [0.15, 0.2) is 10.9 Å². The van der Waals surface area contributed by atoms with Gasteiger partial charge in [-0.2, -0.15) is 13.2 Å². The van der Waals surface area contributed by atoms with Crippen LogP contribution >= 0.6 is 0 Å². The standard InChI is InChI=1S/C15H20F3N3O3S/c1-9-4-2-3-5-10(9)19-14(23)8-25(24)7-12-20-11(15(16,17)18)6-13(22)21-12/h6,9-10H,2-5,7-8H2,1H3,(H,19,23)(H,20,21,22). The highest BCUT2D eigenvalue weighted by Gasteiger charge is 2.33. The van der Waals surface area contributed by atoms with Gasteiger partial charge >= 0.3 is 6.18 Å². The Hall–Kier alpha value is -1.71. The third kappa shape index (κ3) is 5.94. The molecule has 1 fully saturated rings. The maximum Gasteiger partial charge on any atom is 0.433 e. The predicted molar refractivity (Wildman–Crippen MR) is 86.1 cm³/mol. The van der Waals surface area contributed by atoms with Gasteiger partial charge in [0.15, 0.2) is 5.69 Å². The molecular formula is C15H20F3N3O3S. The van der Waals surface area contributed by atoms with Crippen LogP contribution in [0.4, 0.5) is 13.2 Å². The number of nitrogens with one attached hydrogen (secondary N) is 2. The van der Waals surface area contributed by atoms with Crippen molar-refractivity contribution in [2.45, 2.75) is 50.6 Å². The molecule has 1 saturated carbocycles. The van der Waals surface area contributed by atoms with Crippen LogP contribution in [0.25, 0.3) is 0 Å². The van der Waals surface area contributed by atoms with Gasteiger partial charge in [0.1, 0.15) is 11.6 Å². The third-order valence-corrected chi connectivity index (χ3v) is 5.31. The fourth-order valence-corrected chi connectivity index (χ4v) is 3.77. The first kappa shape index (κ1) is 19.6. The van der Waals surface area contributed by atoms with Crippen LogP contribution in [0.2, 0.25) is 0 Å². The topological polar surface area (TPSA) is 91.9 Å². The van der Waals surface area contributed by atoms with Crippen LogP contribution in [0, 0.1) is 5.92 Å². The first-order valence-corrected chi connectivity index (χ1v) is 9.45. The molecule has 0 aliphatic heterocycles. The summed E-state index contributed by atoms with van der Waals surface area (Å²) in [5, 5.41) is 2.83. The molecule has 25 heavy (non-hydrogen) atoms. The number of nitrogens with zero attached hydrogens (tertiary/aromatic N) is 1. The summed E-state index contributed by atoms with van der Waals surface area (Å²) in [5.41, 5.74) is -2.32. The van der Waals surface area contributed by atoms with Gasteiger partial charge in [-0.05, 0) is 18.8 Å². The minimum atomic E-state index is -4.76. The Balaban J connectivity index is 1.94. The number of carbonyl (C=O) groups excluding carboxylic acids is 1. The van der Waals surface area contributed by atoms with Crippen molar-refractivity contribution < 1.29 is 22.2 Å². The van der Waals surface area contributed by atoms with Crippen LogP contribution < -0.4 is 10.9 Å². The SMILES string of the molecule is CC1CCCCC1NC(=O)CS(=O)Cc1nc(C(F)(F)F)cc(=O)[nH]1. The van der Waals surface area contributed by atoms with E-state index in [1.54, 1.807) is 0 Å². The second kappa shape index (κ2) is 8.11. The zero-order chi connectivity index (χ0) is 18.6. The number of aromatic nitrogens is 2. The Kier molecular flexibility index (Phi) is 6.36.